The third-order valence-corrected chi connectivity index (χ3v) is 0.839. The van der Waals surface area contributed by atoms with Crippen molar-refractivity contribution in [1.29, 1.82) is 0 Å². The molecule has 0 saturated carbocycles. The fourth-order valence-electron chi connectivity index (χ4n) is 0.476. The number of benzene rings is 1. The molecule has 42 valence electrons. The van der Waals surface area contributed by atoms with Crippen LogP contribution >= 0.6 is 0 Å². The number of hydrogen-bond donors (Lipinski definition) is 0. The Hall–Kier alpha value is -1.02. The highest BCUT2D eigenvalue weighted by atomic mass is 17.1. The zero-order valence-electron chi connectivity index (χ0n) is 4.20. The van der Waals surface area contributed by atoms with Crippen LogP contribution in [0.2, 0.25) is 0 Å². The van der Waals surface area contributed by atoms with Crippen LogP contribution in [0.25, 0.3) is 0 Å². The molecule has 0 aliphatic rings. The van der Waals surface area contributed by atoms with Gasteiger partial charge in [-0.25, -0.2) is 0 Å². The van der Waals surface area contributed by atoms with E-state index >= 15 is 0 Å². The van der Waals surface area contributed by atoms with Gasteiger partial charge in [-0.1, -0.05) is 18.2 Å². The lowest BCUT2D eigenvalue weighted by atomic mass is 10.3. The summed E-state index contributed by atoms with van der Waals surface area (Å²) in [6.45, 7) is 0. The predicted molar refractivity (Wildman–Crippen MR) is 27.1 cm³/mol. The van der Waals surface area contributed by atoms with Crippen LogP contribution in [-0.2, 0) is 0 Å². The molecule has 0 spiro atoms. The molecule has 0 amide bonds. The second-order valence-corrected chi connectivity index (χ2v) is 1.40. The largest absolute Gasteiger partial charge is 0.664 e. The summed E-state index contributed by atoms with van der Waals surface area (Å²) in [5.74, 6) is 0.354. The molecule has 0 atom stereocenters. The minimum absolute atomic E-state index is 0.354. The minimum Gasteiger partial charge on any atom is -0.664 e. The van der Waals surface area contributed by atoms with Gasteiger partial charge in [-0.3, -0.25) is 0 Å². The van der Waals surface area contributed by atoms with E-state index in [0.717, 1.165) is 0 Å². The summed E-state index contributed by atoms with van der Waals surface area (Å²) >= 11 is 0. The molecule has 8 heavy (non-hydrogen) atoms. The summed E-state index contributed by atoms with van der Waals surface area (Å²) in [6.07, 6.45) is 0. The summed E-state index contributed by atoms with van der Waals surface area (Å²) in [7, 11) is 0. The SMILES string of the molecule is [O-]Oc1ccccc1. The lowest BCUT2D eigenvalue weighted by Gasteiger charge is -2.05. The van der Waals surface area contributed by atoms with Crippen LogP contribution in [0.1, 0.15) is 0 Å². The van der Waals surface area contributed by atoms with Gasteiger partial charge in [0, 0.05) is 0 Å². The Morgan fingerprint density at radius 2 is 1.75 bits per heavy atom. The van der Waals surface area contributed by atoms with E-state index in [1.54, 1.807) is 24.3 Å². The molecule has 0 heterocycles. The number of para-hydroxylation sites is 1. The highest BCUT2D eigenvalue weighted by Crippen LogP contribution is 2.04. The van der Waals surface area contributed by atoms with Gasteiger partial charge in [0.05, 0.1) is 0 Å². The molecule has 2 nitrogen and oxygen atoms in total. The van der Waals surface area contributed by atoms with E-state index in [2.05, 4.69) is 4.89 Å². The van der Waals surface area contributed by atoms with Crippen LogP contribution in [0.3, 0.4) is 0 Å². The van der Waals surface area contributed by atoms with Crippen molar-refractivity contribution in [2.45, 2.75) is 0 Å². The van der Waals surface area contributed by atoms with Crippen LogP contribution in [0.15, 0.2) is 30.3 Å². The molecule has 1 aromatic rings. The third-order valence-electron chi connectivity index (χ3n) is 0.839. The van der Waals surface area contributed by atoms with Gasteiger partial charge < -0.3 is 10.1 Å². The zero-order chi connectivity index (χ0) is 5.82. The quantitative estimate of drug-likeness (QED) is 0.384. The molecule has 0 fully saturated rings. The monoisotopic (exact) mass is 109 g/mol. The topological polar surface area (TPSA) is 32.3 Å². The van der Waals surface area contributed by atoms with Crippen molar-refractivity contribution in [3.8, 4) is 5.75 Å². The van der Waals surface area contributed by atoms with Crippen molar-refractivity contribution < 1.29 is 10.1 Å². The third kappa shape index (κ3) is 0.978. The van der Waals surface area contributed by atoms with Gasteiger partial charge in [0.1, 0.15) is 5.75 Å². The van der Waals surface area contributed by atoms with Crippen molar-refractivity contribution in [1.82, 2.24) is 0 Å². The minimum atomic E-state index is 0.354. The fourth-order valence-corrected chi connectivity index (χ4v) is 0.476. The molecule has 0 saturated heterocycles. The van der Waals surface area contributed by atoms with Crippen LogP contribution in [-0.4, -0.2) is 0 Å². The first-order chi connectivity index (χ1) is 3.93. The van der Waals surface area contributed by atoms with E-state index in [1.165, 1.54) is 0 Å². The van der Waals surface area contributed by atoms with Gasteiger partial charge in [-0.05, 0) is 12.1 Å². The molecule has 0 aliphatic carbocycles. The lowest BCUT2D eigenvalue weighted by Crippen LogP contribution is -2.08. The molecule has 0 unspecified atom stereocenters. The molecule has 2 heteroatoms. The predicted octanol–water partition coefficient (Wildman–Crippen LogP) is 0.341. The standard InChI is InChI=1S/C6H6O2/c7-8-6-4-2-1-3-5-6/h1-5,7H/p-1. The maximum atomic E-state index is 9.63. The van der Waals surface area contributed by atoms with E-state index in [-0.39, 0.29) is 0 Å². The second-order valence-electron chi connectivity index (χ2n) is 1.40. The van der Waals surface area contributed by atoms with E-state index < -0.39 is 0 Å². The van der Waals surface area contributed by atoms with Crippen molar-refractivity contribution >= 4 is 0 Å². The summed E-state index contributed by atoms with van der Waals surface area (Å²) in [5.41, 5.74) is 0. The molecule has 0 aromatic heterocycles. The second kappa shape index (κ2) is 2.33. The molecular weight excluding hydrogens is 104 g/mol. The van der Waals surface area contributed by atoms with E-state index in [9.17, 15) is 5.26 Å². The number of rotatable bonds is 1. The van der Waals surface area contributed by atoms with Crippen LogP contribution in [0.5, 0.6) is 5.75 Å². The first kappa shape index (κ1) is 5.12. The molecule has 1 aromatic carbocycles. The molecule has 1 rings (SSSR count). The maximum Gasteiger partial charge on any atom is 0.110 e. The van der Waals surface area contributed by atoms with E-state index in [1.807, 2.05) is 6.07 Å². The summed E-state index contributed by atoms with van der Waals surface area (Å²) in [4.78, 5) is 3.66. The first-order valence-corrected chi connectivity index (χ1v) is 2.28. The smallest absolute Gasteiger partial charge is 0.110 e. The maximum absolute atomic E-state index is 9.63. The zero-order valence-corrected chi connectivity index (χ0v) is 4.20. The molecule has 0 aliphatic heterocycles. The van der Waals surface area contributed by atoms with Crippen LogP contribution in [0.4, 0.5) is 0 Å². The normalized spacial score (nSPS) is 8.62. The Kier molecular flexibility index (Phi) is 1.49. The molecular formula is C6H5O2-. The number of hydrogen-bond acceptors (Lipinski definition) is 2. The van der Waals surface area contributed by atoms with Crippen molar-refractivity contribution in [2.75, 3.05) is 0 Å². The van der Waals surface area contributed by atoms with E-state index in [0.29, 0.717) is 5.75 Å². The van der Waals surface area contributed by atoms with Gasteiger partial charge in [-0.15, -0.1) is 0 Å². The summed E-state index contributed by atoms with van der Waals surface area (Å²) in [6, 6.07) is 8.52. The van der Waals surface area contributed by atoms with Gasteiger partial charge in [0.2, 0.25) is 0 Å². The van der Waals surface area contributed by atoms with Crippen molar-refractivity contribution in [3.05, 3.63) is 30.3 Å². The highest BCUT2D eigenvalue weighted by molar-refractivity contribution is 5.19. The Balaban J connectivity index is 2.83. The van der Waals surface area contributed by atoms with Gasteiger partial charge >= 0.3 is 0 Å². The average Bonchev–Trinajstić information content (AvgIpc) is 1.90. The van der Waals surface area contributed by atoms with Gasteiger partial charge in [-0.2, -0.15) is 0 Å². The summed E-state index contributed by atoms with van der Waals surface area (Å²) < 4.78 is 0. The van der Waals surface area contributed by atoms with Crippen LogP contribution in [0, 0.1) is 0 Å². The van der Waals surface area contributed by atoms with E-state index in [4.69, 9.17) is 0 Å². The summed E-state index contributed by atoms with van der Waals surface area (Å²) in [5, 5.41) is 9.63. The highest BCUT2D eigenvalue weighted by Gasteiger charge is 1.77. The van der Waals surface area contributed by atoms with Gasteiger partial charge in [0.15, 0.2) is 0 Å². The molecule has 0 N–H and O–H groups in total. The first-order valence-electron chi connectivity index (χ1n) is 2.28. The fraction of sp³-hybridized carbons (Fsp3) is 0. The lowest BCUT2D eigenvalue weighted by molar-refractivity contribution is -0.635. The van der Waals surface area contributed by atoms with Crippen molar-refractivity contribution in [3.63, 3.8) is 0 Å². The Morgan fingerprint density at radius 3 is 2.12 bits per heavy atom. The Bertz CT molecular complexity index is 148. The molecule has 0 bridgehead atoms. The average molecular weight is 109 g/mol. The Labute approximate surface area is 47.3 Å². The molecule has 0 radical (unpaired) electrons. The van der Waals surface area contributed by atoms with Crippen molar-refractivity contribution in [2.24, 2.45) is 0 Å². The Morgan fingerprint density at radius 1 is 1.12 bits per heavy atom. The van der Waals surface area contributed by atoms with Gasteiger partial charge in [0.25, 0.3) is 0 Å². The van der Waals surface area contributed by atoms with Crippen LogP contribution < -0.4 is 10.1 Å².